The fourth-order valence-corrected chi connectivity index (χ4v) is 6.38. The summed E-state index contributed by atoms with van der Waals surface area (Å²) in [5.41, 5.74) is 0.974. The maximum Gasteiger partial charge on any atom is 0.257 e. The van der Waals surface area contributed by atoms with E-state index in [-0.39, 0.29) is 40.5 Å². The van der Waals surface area contributed by atoms with Gasteiger partial charge in [-0.25, -0.2) is 0 Å². The monoisotopic (exact) mass is 519 g/mol. The number of carbonyl (C=O) groups is 3. The molecule has 3 amide bonds. The van der Waals surface area contributed by atoms with Crippen LogP contribution in [0.3, 0.4) is 0 Å². The van der Waals surface area contributed by atoms with E-state index in [0.717, 1.165) is 24.8 Å². The molecule has 4 fully saturated rings. The van der Waals surface area contributed by atoms with Gasteiger partial charge >= 0.3 is 0 Å². The normalized spacial score (nSPS) is 25.7. The van der Waals surface area contributed by atoms with Crippen LogP contribution in [0, 0.1) is 22.7 Å². The van der Waals surface area contributed by atoms with Crippen molar-refractivity contribution >= 4 is 17.7 Å². The van der Waals surface area contributed by atoms with Crippen molar-refractivity contribution in [3.63, 3.8) is 0 Å². The number of hydrogen-bond donors (Lipinski definition) is 1. The number of ether oxygens (including phenoxy) is 1. The summed E-state index contributed by atoms with van der Waals surface area (Å²) in [6.07, 6.45) is 6.10. The highest BCUT2D eigenvalue weighted by atomic mass is 16.5. The summed E-state index contributed by atoms with van der Waals surface area (Å²) in [6, 6.07) is 9.99. The molecule has 1 aromatic carbocycles. The zero-order valence-electron chi connectivity index (χ0n) is 22.5. The lowest BCUT2D eigenvalue weighted by atomic mass is 9.70. The third kappa shape index (κ3) is 4.51. The summed E-state index contributed by atoms with van der Waals surface area (Å²) in [4.78, 5) is 43.9. The van der Waals surface area contributed by atoms with E-state index in [1.54, 1.807) is 29.1 Å². The smallest absolute Gasteiger partial charge is 0.257 e. The molecular formula is C29H37N5O4. The number of amides is 3. The molecule has 9 nitrogen and oxygen atoms in total. The van der Waals surface area contributed by atoms with Crippen molar-refractivity contribution in [3.05, 3.63) is 53.9 Å². The Hall–Kier alpha value is -3.20. The van der Waals surface area contributed by atoms with Gasteiger partial charge in [-0.1, -0.05) is 44.2 Å². The predicted octanol–water partition coefficient (Wildman–Crippen LogP) is 2.17. The van der Waals surface area contributed by atoms with Crippen LogP contribution in [-0.2, 0) is 20.9 Å². The van der Waals surface area contributed by atoms with E-state index in [4.69, 9.17) is 4.74 Å². The zero-order chi connectivity index (χ0) is 26.7. The second-order valence-electron chi connectivity index (χ2n) is 12.7. The van der Waals surface area contributed by atoms with Gasteiger partial charge in [0.25, 0.3) is 5.91 Å². The van der Waals surface area contributed by atoms with Gasteiger partial charge in [0.05, 0.1) is 36.4 Å². The largest absolute Gasteiger partial charge is 0.382 e. The Morgan fingerprint density at radius 3 is 2.37 bits per heavy atom. The lowest BCUT2D eigenvalue weighted by Crippen LogP contribution is -2.65. The topological polar surface area (TPSA) is 96.8 Å². The van der Waals surface area contributed by atoms with Gasteiger partial charge in [0.1, 0.15) is 0 Å². The molecule has 0 radical (unpaired) electrons. The lowest BCUT2D eigenvalue weighted by Gasteiger charge is -2.50. The molecule has 202 valence electrons. The van der Waals surface area contributed by atoms with Crippen LogP contribution in [0.1, 0.15) is 49.0 Å². The maximum atomic E-state index is 13.6. The first-order valence-corrected chi connectivity index (χ1v) is 13.6. The van der Waals surface area contributed by atoms with Gasteiger partial charge < -0.3 is 19.9 Å². The summed E-state index contributed by atoms with van der Waals surface area (Å²) < 4.78 is 7.11. The van der Waals surface area contributed by atoms with Gasteiger partial charge in [0, 0.05) is 50.8 Å². The number of nitrogens with zero attached hydrogens (tertiary/aromatic N) is 4. The van der Waals surface area contributed by atoms with E-state index in [1.165, 1.54) is 0 Å². The van der Waals surface area contributed by atoms with Gasteiger partial charge in [0.15, 0.2) is 0 Å². The Morgan fingerprint density at radius 2 is 1.74 bits per heavy atom. The number of likely N-dealkylation sites (tertiary alicyclic amines) is 2. The predicted molar refractivity (Wildman–Crippen MR) is 140 cm³/mol. The van der Waals surface area contributed by atoms with Crippen LogP contribution in [0.15, 0.2) is 42.7 Å². The summed E-state index contributed by atoms with van der Waals surface area (Å²) in [6.45, 7) is 7.16. The van der Waals surface area contributed by atoms with E-state index in [9.17, 15) is 14.4 Å². The first kappa shape index (κ1) is 25.1. The second-order valence-corrected chi connectivity index (χ2v) is 12.7. The molecule has 2 aliphatic heterocycles. The molecular weight excluding hydrogens is 482 g/mol. The van der Waals surface area contributed by atoms with Crippen LogP contribution in [0.25, 0.3) is 0 Å². The minimum atomic E-state index is -0.419. The SMILES string of the molecule is COCC1(NC(=O)[C@H]2CN(C(=O)c3cnn(Cc4ccccc4)c3)CC23CN(C(=O)[C@H]2CC2(C)C)C3)CC1. The van der Waals surface area contributed by atoms with Crippen molar-refractivity contribution in [2.24, 2.45) is 22.7 Å². The van der Waals surface area contributed by atoms with Crippen LogP contribution in [-0.4, -0.2) is 82.7 Å². The molecule has 2 aliphatic carbocycles. The highest BCUT2D eigenvalue weighted by molar-refractivity contribution is 5.95. The van der Waals surface area contributed by atoms with Gasteiger partial charge in [-0.05, 0) is 30.2 Å². The number of nitrogens with one attached hydrogen (secondary N) is 1. The molecule has 38 heavy (non-hydrogen) atoms. The Labute approximate surface area is 223 Å². The summed E-state index contributed by atoms with van der Waals surface area (Å²) in [5, 5.41) is 7.64. The Kier molecular flexibility index (Phi) is 5.90. The van der Waals surface area contributed by atoms with Crippen LogP contribution < -0.4 is 5.32 Å². The van der Waals surface area contributed by atoms with E-state index in [1.807, 2.05) is 35.2 Å². The second kappa shape index (κ2) is 8.93. The standard InChI is InChI=1S/C29H37N5O4/c1-27(2)11-22(27)26(37)33-17-28(18-33)16-32(15-23(28)24(35)31-29(9-10-29)19-38-3)25(36)21-12-30-34(14-21)13-20-7-5-4-6-8-20/h4-8,12,14,22-23H,9-11,13,15-19H2,1-3H3,(H,31,35)/t22-,23-/m1/s1. The van der Waals surface area contributed by atoms with Crippen molar-refractivity contribution in [3.8, 4) is 0 Å². The lowest BCUT2D eigenvalue weighted by molar-refractivity contribution is -0.151. The molecule has 1 N–H and O–H groups in total. The minimum Gasteiger partial charge on any atom is -0.382 e. The summed E-state index contributed by atoms with van der Waals surface area (Å²) >= 11 is 0. The van der Waals surface area contributed by atoms with Gasteiger partial charge in [0.2, 0.25) is 11.8 Å². The highest BCUT2D eigenvalue weighted by Gasteiger charge is 2.62. The molecule has 0 bridgehead atoms. The fraction of sp³-hybridized carbons (Fsp3) is 0.586. The first-order valence-electron chi connectivity index (χ1n) is 13.6. The summed E-state index contributed by atoms with van der Waals surface area (Å²) in [7, 11) is 1.65. The van der Waals surface area contributed by atoms with E-state index in [0.29, 0.717) is 44.9 Å². The third-order valence-electron chi connectivity index (χ3n) is 9.12. The van der Waals surface area contributed by atoms with Crippen molar-refractivity contribution in [1.82, 2.24) is 24.9 Å². The Balaban J connectivity index is 1.17. The number of rotatable bonds is 8. The average Bonchev–Trinajstić information content (AvgIpc) is 3.60. The van der Waals surface area contributed by atoms with E-state index < -0.39 is 5.41 Å². The van der Waals surface area contributed by atoms with Crippen molar-refractivity contribution in [1.29, 1.82) is 0 Å². The number of methoxy groups -OCH3 is 1. The highest BCUT2D eigenvalue weighted by Crippen LogP contribution is 2.54. The van der Waals surface area contributed by atoms with E-state index >= 15 is 0 Å². The van der Waals surface area contributed by atoms with Crippen molar-refractivity contribution < 1.29 is 19.1 Å². The van der Waals surface area contributed by atoms with Crippen LogP contribution in [0.4, 0.5) is 0 Å². The number of benzene rings is 1. The molecule has 4 aliphatic rings. The van der Waals surface area contributed by atoms with Gasteiger partial charge in [-0.2, -0.15) is 5.10 Å². The fourth-order valence-electron chi connectivity index (χ4n) is 6.38. The molecule has 1 spiro atoms. The average molecular weight is 520 g/mol. The molecule has 2 aromatic rings. The molecule has 3 heterocycles. The maximum absolute atomic E-state index is 13.6. The molecule has 6 rings (SSSR count). The third-order valence-corrected chi connectivity index (χ3v) is 9.12. The quantitative estimate of drug-likeness (QED) is 0.577. The molecule has 9 heteroatoms. The summed E-state index contributed by atoms with van der Waals surface area (Å²) in [5.74, 6) is -0.266. The zero-order valence-corrected chi connectivity index (χ0v) is 22.5. The molecule has 2 saturated carbocycles. The number of aromatic nitrogens is 2. The van der Waals surface area contributed by atoms with E-state index in [2.05, 4.69) is 24.3 Å². The Bertz CT molecular complexity index is 1240. The molecule has 2 atom stereocenters. The van der Waals surface area contributed by atoms with Gasteiger partial charge in [-0.3, -0.25) is 19.1 Å². The number of hydrogen-bond acceptors (Lipinski definition) is 5. The number of carbonyl (C=O) groups excluding carboxylic acids is 3. The minimum absolute atomic E-state index is 0.0338. The van der Waals surface area contributed by atoms with Crippen molar-refractivity contribution in [2.75, 3.05) is 39.9 Å². The van der Waals surface area contributed by atoms with Crippen LogP contribution >= 0.6 is 0 Å². The molecule has 2 saturated heterocycles. The van der Waals surface area contributed by atoms with Gasteiger partial charge in [-0.15, -0.1) is 0 Å². The van der Waals surface area contributed by atoms with Crippen LogP contribution in [0.5, 0.6) is 0 Å². The molecule has 0 unspecified atom stereocenters. The first-order chi connectivity index (χ1) is 18.1. The molecule has 1 aromatic heterocycles. The Morgan fingerprint density at radius 1 is 1.05 bits per heavy atom. The van der Waals surface area contributed by atoms with Crippen molar-refractivity contribution in [2.45, 2.75) is 45.2 Å². The van der Waals surface area contributed by atoms with Crippen LogP contribution in [0.2, 0.25) is 0 Å².